The summed E-state index contributed by atoms with van der Waals surface area (Å²) in [5, 5.41) is 2.75. The minimum Gasteiger partial charge on any atom is -0.347 e. The Morgan fingerprint density at radius 2 is 1.63 bits per heavy atom. The molecule has 5 atom stereocenters. The first-order valence-corrected chi connectivity index (χ1v) is 13.5. The van der Waals surface area contributed by atoms with Gasteiger partial charge >= 0.3 is 0 Å². The number of amides is 2. The molecular weight excluding hydrogens is 479 g/mol. The molecule has 1 aliphatic carbocycles. The molecule has 1 unspecified atom stereocenters. The highest BCUT2D eigenvalue weighted by Crippen LogP contribution is 2.41. The lowest BCUT2D eigenvalue weighted by Crippen LogP contribution is -2.54. The van der Waals surface area contributed by atoms with Crippen LogP contribution in [0, 0.1) is 29.3 Å². The number of halogens is 3. The fourth-order valence-corrected chi connectivity index (χ4v) is 6.18. The van der Waals surface area contributed by atoms with Crippen LogP contribution in [0.25, 0.3) is 0 Å². The van der Waals surface area contributed by atoms with Crippen LogP contribution in [0.15, 0.2) is 12.1 Å². The number of fused-ring (bicyclic) bond motifs is 2. The largest absolute Gasteiger partial charge is 0.347 e. The molecule has 10 heteroatoms. The Bertz CT molecular complexity index is 998. The number of piperidine rings is 1. The van der Waals surface area contributed by atoms with Crippen molar-refractivity contribution in [2.45, 2.75) is 88.6 Å². The molecule has 0 spiro atoms. The Morgan fingerprint density at radius 3 is 2.20 bits per heavy atom. The Labute approximate surface area is 207 Å². The first-order valence-electron chi connectivity index (χ1n) is 12.3. The van der Waals surface area contributed by atoms with Gasteiger partial charge in [0, 0.05) is 30.1 Å². The van der Waals surface area contributed by atoms with Gasteiger partial charge in [0.25, 0.3) is 0 Å². The first-order chi connectivity index (χ1) is 16.4. The van der Waals surface area contributed by atoms with E-state index in [0.29, 0.717) is 18.9 Å². The van der Waals surface area contributed by atoms with Crippen molar-refractivity contribution >= 4 is 22.8 Å². The van der Waals surface area contributed by atoms with Crippen LogP contribution in [-0.2, 0) is 27.0 Å². The van der Waals surface area contributed by atoms with Crippen LogP contribution in [0.2, 0.25) is 0 Å². The van der Waals surface area contributed by atoms with Gasteiger partial charge in [0.1, 0.15) is 5.82 Å². The number of nitrogens with zero attached hydrogens (tertiary/aromatic N) is 1. The van der Waals surface area contributed by atoms with E-state index in [9.17, 15) is 27.0 Å². The highest BCUT2D eigenvalue weighted by molar-refractivity contribution is 7.84. The van der Waals surface area contributed by atoms with Gasteiger partial charge in [-0.3, -0.25) is 9.59 Å². The topological polar surface area (TPSA) is 78.5 Å². The van der Waals surface area contributed by atoms with Gasteiger partial charge in [-0.1, -0.05) is 0 Å². The maximum absolute atomic E-state index is 14.5. The van der Waals surface area contributed by atoms with Gasteiger partial charge in [-0.05, 0) is 83.3 Å². The lowest BCUT2D eigenvalue weighted by molar-refractivity contribution is -0.137. The Kier molecular flexibility index (Phi) is 7.62. The molecule has 4 rings (SSSR count). The van der Waals surface area contributed by atoms with Gasteiger partial charge in [0.05, 0.1) is 22.3 Å². The summed E-state index contributed by atoms with van der Waals surface area (Å²) in [6.45, 7) is 5.47. The Balaban J connectivity index is 1.48. The number of carbonyl (C=O) groups excluding carboxylic acids is 2. The zero-order chi connectivity index (χ0) is 25.5. The SMILES string of the molecule is CC(C)(C)[S@](=O)N[C@H](Cc1cc(F)c(F)cc1F)C1C[C@H]2CC[C@@H](C1)N2C(=O)CNC(=O)C1CC1. The lowest BCUT2D eigenvalue weighted by atomic mass is 9.82. The molecule has 194 valence electrons. The third-order valence-corrected chi connectivity index (χ3v) is 8.96. The normalized spacial score (nSPS) is 25.9. The average molecular weight is 514 g/mol. The second-order valence-corrected chi connectivity index (χ2v) is 13.1. The third kappa shape index (κ3) is 6.07. The maximum atomic E-state index is 14.5. The molecule has 1 aromatic carbocycles. The van der Waals surface area contributed by atoms with E-state index < -0.39 is 39.2 Å². The van der Waals surface area contributed by atoms with Gasteiger partial charge in [0.15, 0.2) is 11.6 Å². The fraction of sp³-hybridized carbons (Fsp3) is 0.680. The summed E-state index contributed by atoms with van der Waals surface area (Å²) in [7, 11) is -1.45. The first kappa shape index (κ1) is 26.1. The van der Waals surface area contributed by atoms with Crippen molar-refractivity contribution in [3.8, 4) is 0 Å². The monoisotopic (exact) mass is 513 g/mol. The van der Waals surface area contributed by atoms with E-state index in [0.717, 1.165) is 31.7 Å². The average Bonchev–Trinajstić information content (AvgIpc) is 3.59. The van der Waals surface area contributed by atoms with E-state index in [4.69, 9.17) is 0 Å². The number of carbonyl (C=O) groups is 2. The van der Waals surface area contributed by atoms with Crippen molar-refractivity contribution in [1.29, 1.82) is 0 Å². The number of hydrogen-bond acceptors (Lipinski definition) is 3. The second kappa shape index (κ2) is 10.2. The van der Waals surface area contributed by atoms with Crippen LogP contribution in [0.3, 0.4) is 0 Å². The molecule has 0 radical (unpaired) electrons. The van der Waals surface area contributed by atoms with E-state index in [1.165, 1.54) is 0 Å². The van der Waals surface area contributed by atoms with Crippen molar-refractivity contribution in [1.82, 2.24) is 14.9 Å². The summed E-state index contributed by atoms with van der Waals surface area (Å²) < 4.78 is 57.3. The highest BCUT2D eigenvalue weighted by atomic mass is 32.2. The summed E-state index contributed by atoms with van der Waals surface area (Å²) in [6.07, 6.45) is 4.72. The van der Waals surface area contributed by atoms with Crippen molar-refractivity contribution in [2.24, 2.45) is 11.8 Å². The summed E-state index contributed by atoms with van der Waals surface area (Å²) in [5.74, 6) is -3.35. The highest BCUT2D eigenvalue weighted by Gasteiger charge is 2.45. The zero-order valence-electron chi connectivity index (χ0n) is 20.4. The lowest BCUT2D eigenvalue weighted by Gasteiger charge is -2.42. The van der Waals surface area contributed by atoms with Gasteiger partial charge < -0.3 is 10.2 Å². The summed E-state index contributed by atoms with van der Waals surface area (Å²) >= 11 is 0. The van der Waals surface area contributed by atoms with Gasteiger partial charge in [0.2, 0.25) is 11.8 Å². The van der Waals surface area contributed by atoms with Crippen LogP contribution >= 0.6 is 0 Å². The zero-order valence-corrected chi connectivity index (χ0v) is 21.2. The van der Waals surface area contributed by atoms with E-state index in [1.54, 1.807) is 0 Å². The van der Waals surface area contributed by atoms with Crippen LogP contribution in [0.5, 0.6) is 0 Å². The smallest absolute Gasteiger partial charge is 0.242 e. The van der Waals surface area contributed by atoms with Crippen molar-refractivity contribution in [2.75, 3.05) is 6.54 Å². The van der Waals surface area contributed by atoms with Gasteiger partial charge in [-0.25, -0.2) is 22.1 Å². The summed E-state index contributed by atoms with van der Waals surface area (Å²) in [5.41, 5.74) is 0.0287. The number of rotatable bonds is 8. The summed E-state index contributed by atoms with van der Waals surface area (Å²) in [4.78, 5) is 26.7. The molecule has 2 heterocycles. The number of benzene rings is 1. The maximum Gasteiger partial charge on any atom is 0.242 e. The molecule has 0 aromatic heterocycles. The molecule has 2 bridgehead atoms. The van der Waals surface area contributed by atoms with Gasteiger partial charge in [-0.15, -0.1) is 0 Å². The quantitative estimate of drug-likeness (QED) is 0.524. The molecule has 2 N–H and O–H groups in total. The second-order valence-electron chi connectivity index (χ2n) is 11.1. The van der Waals surface area contributed by atoms with Crippen LogP contribution in [-0.4, -0.2) is 50.3 Å². The van der Waals surface area contributed by atoms with E-state index in [1.807, 2.05) is 25.7 Å². The predicted octanol–water partition coefficient (Wildman–Crippen LogP) is 3.36. The van der Waals surface area contributed by atoms with E-state index in [2.05, 4.69) is 10.0 Å². The van der Waals surface area contributed by atoms with Crippen molar-refractivity contribution < 1.29 is 27.0 Å². The van der Waals surface area contributed by atoms with Crippen LogP contribution < -0.4 is 10.0 Å². The molecule has 3 aliphatic rings. The predicted molar refractivity (Wildman–Crippen MR) is 127 cm³/mol. The van der Waals surface area contributed by atoms with E-state index >= 15 is 0 Å². The standard InChI is InChI=1S/C25H34F3N3O3S/c1-25(2,3)35(34)30-22(11-15-10-20(27)21(28)12-19(15)26)16-8-17-6-7-18(9-16)31(17)23(32)13-29-24(33)14-4-5-14/h10,12,14,16-18,22,30H,4-9,11,13H2,1-3H3,(H,29,33)/t16?,17-,18+,22-,35+/m1/s1. The third-order valence-electron chi connectivity index (χ3n) is 7.33. The van der Waals surface area contributed by atoms with E-state index in [-0.39, 0.29) is 54.3 Å². The van der Waals surface area contributed by atoms with Crippen LogP contribution in [0.4, 0.5) is 13.2 Å². The Morgan fingerprint density at radius 1 is 1.03 bits per heavy atom. The molecule has 2 amide bonds. The molecule has 1 saturated carbocycles. The molecule has 6 nitrogen and oxygen atoms in total. The summed E-state index contributed by atoms with van der Waals surface area (Å²) in [6, 6.07) is 0.931. The molecule has 2 aliphatic heterocycles. The fourth-order valence-electron chi connectivity index (χ4n) is 5.27. The van der Waals surface area contributed by atoms with Crippen molar-refractivity contribution in [3.05, 3.63) is 35.1 Å². The van der Waals surface area contributed by atoms with Gasteiger partial charge in [-0.2, -0.15) is 0 Å². The number of nitrogens with one attached hydrogen (secondary N) is 2. The minimum atomic E-state index is -1.45. The molecule has 35 heavy (non-hydrogen) atoms. The molecule has 3 fully saturated rings. The Hall–Kier alpha value is -1.94. The molecule has 2 saturated heterocycles. The molecular formula is C25H34F3N3O3S. The minimum absolute atomic E-state index is 0.0111. The molecule has 1 aromatic rings. The van der Waals surface area contributed by atoms with Crippen molar-refractivity contribution in [3.63, 3.8) is 0 Å². The number of hydrogen-bond donors (Lipinski definition) is 2. The van der Waals surface area contributed by atoms with Crippen LogP contribution in [0.1, 0.15) is 64.9 Å².